The van der Waals surface area contributed by atoms with E-state index in [4.69, 9.17) is 16.3 Å². The lowest BCUT2D eigenvalue weighted by molar-refractivity contribution is 0.288. The largest absolute Gasteiger partial charge is 0.485 e. The molecule has 1 heterocycles. The number of hydrogen-bond acceptors (Lipinski definition) is 2. The molecular formula is C12H10ClFOS. The Labute approximate surface area is 102 Å². The van der Waals surface area contributed by atoms with Gasteiger partial charge >= 0.3 is 0 Å². The fourth-order valence-corrected chi connectivity index (χ4v) is 2.21. The first kappa shape index (κ1) is 11.4. The first-order chi connectivity index (χ1) is 7.81. The van der Waals surface area contributed by atoms with Crippen LogP contribution in [0.3, 0.4) is 0 Å². The Bertz CT molecular complexity index is 456. The number of benzene rings is 1. The highest BCUT2D eigenvalue weighted by molar-refractivity contribution is 7.07. The lowest BCUT2D eigenvalue weighted by Crippen LogP contribution is -1.99. The van der Waals surface area contributed by atoms with Gasteiger partial charge in [0.1, 0.15) is 6.61 Å². The Morgan fingerprint density at radius 2 is 2.19 bits per heavy atom. The van der Waals surface area contributed by atoms with Gasteiger partial charge in [-0.1, -0.05) is 12.1 Å². The van der Waals surface area contributed by atoms with E-state index in [1.807, 2.05) is 16.8 Å². The standard InChI is InChI=1S/C12H10ClFOS/c13-6-10-2-1-3-11(14)12(10)15-7-9-4-5-16-8-9/h1-5,8H,6-7H2. The second kappa shape index (κ2) is 5.32. The van der Waals surface area contributed by atoms with Crippen molar-refractivity contribution in [2.75, 3.05) is 0 Å². The van der Waals surface area contributed by atoms with Gasteiger partial charge in [0.2, 0.25) is 0 Å². The van der Waals surface area contributed by atoms with Gasteiger partial charge in [-0.05, 0) is 28.5 Å². The van der Waals surface area contributed by atoms with Crippen molar-refractivity contribution < 1.29 is 9.13 Å². The molecular weight excluding hydrogens is 247 g/mol. The molecule has 0 saturated carbocycles. The van der Waals surface area contributed by atoms with Crippen molar-refractivity contribution in [1.82, 2.24) is 0 Å². The van der Waals surface area contributed by atoms with Gasteiger partial charge in [-0.2, -0.15) is 11.3 Å². The first-order valence-corrected chi connectivity index (χ1v) is 6.26. The maximum absolute atomic E-state index is 13.5. The molecule has 0 spiro atoms. The number of thiophene rings is 1. The van der Waals surface area contributed by atoms with E-state index >= 15 is 0 Å². The molecule has 16 heavy (non-hydrogen) atoms. The zero-order chi connectivity index (χ0) is 11.4. The van der Waals surface area contributed by atoms with Crippen molar-refractivity contribution in [3.05, 3.63) is 52.0 Å². The molecule has 0 aliphatic heterocycles. The van der Waals surface area contributed by atoms with Gasteiger partial charge in [0.05, 0.1) is 5.88 Å². The highest BCUT2D eigenvalue weighted by Crippen LogP contribution is 2.25. The van der Waals surface area contributed by atoms with Gasteiger partial charge in [0.15, 0.2) is 11.6 Å². The normalized spacial score (nSPS) is 10.4. The summed E-state index contributed by atoms with van der Waals surface area (Å²) in [6.45, 7) is 0.369. The van der Waals surface area contributed by atoms with Crippen LogP contribution in [0.1, 0.15) is 11.1 Å². The number of halogens is 2. The Morgan fingerprint density at radius 1 is 1.31 bits per heavy atom. The summed E-state index contributed by atoms with van der Waals surface area (Å²) in [5.41, 5.74) is 1.71. The summed E-state index contributed by atoms with van der Waals surface area (Å²) >= 11 is 7.31. The van der Waals surface area contributed by atoms with Crippen LogP contribution < -0.4 is 4.74 Å². The second-order valence-corrected chi connectivity index (χ2v) is 4.33. The van der Waals surface area contributed by atoms with E-state index in [1.54, 1.807) is 23.5 Å². The topological polar surface area (TPSA) is 9.23 Å². The van der Waals surface area contributed by atoms with Crippen molar-refractivity contribution in [3.8, 4) is 5.75 Å². The maximum atomic E-state index is 13.5. The van der Waals surface area contributed by atoms with Crippen LogP contribution in [-0.2, 0) is 12.5 Å². The lowest BCUT2D eigenvalue weighted by Gasteiger charge is -2.09. The summed E-state index contributed by atoms with van der Waals surface area (Å²) in [6.07, 6.45) is 0. The van der Waals surface area contributed by atoms with E-state index in [0.717, 1.165) is 5.56 Å². The monoisotopic (exact) mass is 256 g/mol. The number of alkyl halides is 1. The Morgan fingerprint density at radius 3 is 2.88 bits per heavy atom. The molecule has 0 N–H and O–H groups in total. The predicted molar refractivity (Wildman–Crippen MR) is 64.6 cm³/mol. The maximum Gasteiger partial charge on any atom is 0.165 e. The summed E-state index contributed by atoms with van der Waals surface area (Å²) in [6, 6.07) is 6.72. The molecule has 0 fully saturated rings. The van der Waals surface area contributed by atoms with Crippen LogP contribution >= 0.6 is 22.9 Å². The van der Waals surface area contributed by atoms with Crippen LogP contribution in [-0.4, -0.2) is 0 Å². The minimum absolute atomic E-state index is 0.247. The van der Waals surface area contributed by atoms with Crippen LogP contribution in [0.25, 0.3) is 0 Å². The van der Waals surface area contributed by atoms with E-state index in [0.29, 0.717) is 12.2 Å². The third kappa shape index (κ3) is 2.54. The summed E-state index contributed by atoms with van der Waals surface area (Å²) in [4.78, 5) is 0. The molecule has 0 bridgehead atoms. The van der Waals surface area contributed by atoms with Gasteiger partial charge < -0.3 is 4.74 Å². The van der Waals surface area contributed by atoms with Crippen LogP contribution in [0.5, 0.6) is 5.75 Å². The zero-order valence-electron chi connectivity index (χ0n) is 8.45. The minimum atomic E-state index is -0.367. The predicted octanol–water partition coefficient (Wildman–Crippen LogP) is 4.21. The van der Waals surface area contributed by atoms with Crippen molar-refractivity contribution in [1.29, 1.82) is 0 Å². The molecule has 0 aliphatic rings. The van der Waals surface area contributed by atoms with E-state index < -0.39 is 0 Å². The zero-order valence-corrected chi connectivity index (χ0v) is 10.0. The molecule has 0 aliphatic carbocycles. The molecule has 0 radical (unpaired) electrons. The fourth-order valence-electron chi connectivity index (χ4n) is 1.35. The average Bonchev–Trinajstić information content (AvgIpc) is 2.80. The van der Waals surface area contributed by atoms with Crippen LogP contribution in [0.2, 0.25) is 0 Å². The molecule has 0 unspecified atom stereocenters. The Hall–Kier alpha value is -1.06. The van der Waals surface area contributed by atoms with Gasteiger partial charge in [-0.25, -0.2) is 4.39 Å². The summed E-state index contributed by atoms with van der Waals surface area (Å²) < 4.78 is 18.9. The van der Waals surface area contributed by atoms with Crippen molar-refractivity contribution >= 4 is 22.9 Å². The van der Waals surface area contributed by atoms with Gasteiger partial charge in [-0.3, -0.25) is 0 Å². The van der Waals surface area contributed by atoms with Crippen LogP contribution in [0.4, 0.5) is 4.39 Å². The van der Waals surface area contributed by atoms with E-state index in [1.165, 1.54) is 6.07 Å². The lowest BCUT2D eigenvalue weighted by atomic mass is 10.2. The molecule has 84 valence electrons. The van der Waals surface area contributed by atoms with E-state index in [9.17, 15) is 4.39 Å². The molecule has 1 aromatic heterocycles. The van der Waals surface area contributed by atoms with Gasteiger partial charge in [-0.15, -0.1) is 11.6 Å². The quantitative estimate of drug-likeness (QED) is 0.745. The van der Waals surface area contributed by atoms with E-state index in [2.05, 4.69) is 0 Å². The van der Waals surface area contributed by atoms with Crippen LogP contribution in [0.15, 0.2) is 35.0 Å². The SMILES string of the molecule is Fc1cccc(CCl)c1OCc1ccsc1. The third-order valence-electron chi connectivity index (χ3n) is 2.16. The summed E-state index contributed by atoms with van der Waals surface area (Å²) in [5.74, 6) is 0.133. The highest BCUT2D eigenvalue weighted by atomic mass is 35.5. The van der Waals surface area contributed by atoms with Crippen molar-refractivity contribution in [2.24, 2.45) is 0 Å². The van der Waals surface area contributed by atoms with E-state index in [-0.39, 0.29) is 17.4 Å². The third-order valence-corrected chi connectivity index (χ3v) is 3.18. The molecule has 2 aromatic rings. The number of hydrogen-bond donors (Lipinski definition) is 0. The highest BCUT2D eigenvalue weighted by Gasteiger charge is 2.09. The first-order valence-electron chi connectivity index (χ1n) is 4.78. The number of para-hydroxylation sites is 1. The smallest absolute Gasteiger partial charge is 0.165 e. The molecule has 0 amide bonds. The molecule has 0 saturated heterocycles. The number of rotatable bonds is 4. The fraction of sp³-hybridized carbons (Fsp3) is 0.167. The molecule has 0 atom stereocenters. The van der Waals surface area contributed by atoms with Gasteiger partial charge in [0, 0.05) is 5.56 Å². The summed E-state index contributed by atoms with van der Waals surface area (Å²) in [7, 11) is 0. The molecule has 1 aromatic carbocycles. The van der Waals surface area contributed by atoms with Crippen LogP contribution in [0, 0.1) is 5.82 Å². The molecule has 1 nitrogen and oxygen atoms in total. The number of ether oxygens (including phenoxy) is 1. The van der Waals surface area contributed by atoms with Gasteiger partial charge in [0.25, 0.3) is 0 Å². The average molecular weight is 257 g/mol. The summed E-state index contributed by atoms with van der Waals surface area (Å²) in [5, 5.41) is 3.93. The Kier molecular flexibility index (Phi) is 3.80. The molecule has 4 heteroatoms. The molecule has 2 rings (SSSR count). The second-order valence-electron chi connectivity index (χ2n) is 3.28. The minimum Gasteiger partial charge on any atom is -0.485 e. The Balaban J connectivity index is 2.14. The van der Waals surface area contributed by atoms with Crippen molar-refractivity contribution in [2.45, 2.75) is 12.5 Å². The van der Waals surface area contributed by atoms with Crippen molar-refractivity contribution in [3.63, 3.8) is 0 Å².